The second kappa shape index (κ2) is 7.47. The topological polar surface area (TPSA) is 98.8 Å². The van der Waals surface area contributed by atoms with Crippen molar-refractivity contribution in [2.75, 3.05) is 16.8 Å². The van der Waals surface area contributed by atoms with Crippen molar-refractivity contribution >= 4 is 35.1 Å². The van der Waals surface area contributed by atoms with Crippen LogP contribution in [0, 0.1) is 0 Å². The zero-order valence-electron chi connectivity index (χ0n) is 17.8. The largest absolute Gasteiger partial charge is 0.325 e. The molecule has 0 aromatic heterocycles. The average molecular weight is 432 g/mol. The number of benzene rings is 2. The summed E-state index contributed by atoms with van der Waals surface area (Å²) in [5.41, 5.74) is 1.82. The summed E-state index contributed by atoms with van der Waals surface area (Å²) in [6.45, 7) is 1.39. The molecule has 2 N–H and O–H groups in total. The number of rotatable bonds is 2. The van der Waals surface area contributed by atoms with Gasteiger partial charge in [0.05, 0.1) is 11.4 Å². The van der Waals surface area contributed by atoms with E-state index in [4.69, 9.17) is 0 Å². The van der Waals surface area contributed by atoms with Crippen LogP contribution < -0.4 is 15.5 Å². The lowest BCUT2D eigenvalue weighted by atomic mass is 9.76. The number of fused-ring (bicyclic) bond motifs is 3. The highest BCUT2D eigenvalue weighted by Crippen LogP contribution is 2.40. The molecule has 1 saturated heterocycles. The molecule has 0 unspecified atom stereocenters. The van der Waals surface area contributed by atoms with Gasteiger partial charge in [0.1, 0.15) is 12.1 Å². The second-order valence-electron chi connectivity index (χ2n) is 8.62. The quantitative estimate of drug-likeness (QED) is 0.713. The Morgan fingerprint density at radius 2 is 1.84 bits per heavy atom. The number of nitrogens with one attached hydrogen (secondary N) is 2. The molecule has 32 heavy (non-hydrogen) atoms. The van der Waals surface area contributed by atoms with Crippen LogP contribution in [0.15, 0.2) is 48.5 Å². The maximum absolute atomic E-state index is 13.5. The molecule has 1 fully saturated rings. The molecule has 2 aromatic rings. The second-order valence-corrected chi connectivity index (χ2v) is 8.62. The molecule has 0 radical (unpaired) electrons. The summed E-state index contributed by atoms with van der Waals surface area (Å²) in [7, 11) is 0. The Hall–Kier alpha value is -3.68. The normalized spacial score (nSPS) is 24.5. The van der Waals surface area contributed by atoms with Gasteiger partial charge in [0.25, 0.3) is 5.91 Å². The molecule has 2 aromatic carbocycles. The Labute approximate surface area is 185 Å². The van der Waals surface area contributed by atoms with Crippen LogP contribution in [-0.4, -0.2) is 41.2 Å². The first-order valence-corrected chi connectivity index (χ1v) is 10.8. The van der Waals surface area contributed by atoms with Gasteiger partial charge in [-0.25, -0.2) is 4.79 Å². The van der Waals surface area contributed by atoms with Gasteiger partial charge in [0.2, 0.25) is 11.8 Å². The van der Waals surface area contributed by atoms with Gasteiger partial charge in [-0.15, -0.1) is 0 Å². The number of urea groups is 1. The summed E-state index contributed by atoms with van der Waals surface area (Å²) in [5, 5.41) is 5.70. The predicted octanol–water partition coefficient (Wildman–Crippen LogP) is 2.53. The minimum Gasteiger partial charge on any atom is -0.324 e. The highest BCUT2D eigenvalue weighted by Gasteiger charge is 2.54. The Kier molecular flexibility index (Phi) is 4.73. The predicted molar refractivity (Wildman–Crippen MR) is 118 cm³/mol. The van der Waals surface area contributed by atoms with Crippen LogP contribution in [0.25, 0.3) is 0 Å². The number of anilines is 2. The number of carbonyl (C=O) groups excluding carboxylic acids is 4. The van der Waals surface area contributed by atoms with Crippen molar-refractivity contribution < 1.29 is 19.2 Å². The summed E-state index contributed by atoms with van der Waals surface area (Å²) >= 11 is 0. The van der Waals surface area contributed by atoms with Crippen LogP contribution in [0.5, 0.6) is 0 Å². The molecule has 0 bridgehead atoms. The molecule has 1 spiro atoms. The summed E-state index contributed by atoms with van der Waals surface area (Å²) in [6.07, 6.45) is 2.25. The zero-order chi connectivity index (χ0) is 22.5. The number of amides is 5. The molecule has 2 aliphatic heterocycles. The number of imide groups is 1. The molecule has 5 amide bonds. The van der Waals surface area contributed by atoms with Gasteiger partial charge in [0, 0.05) is 12.5 Å². The maximum Gasteiger partial charge on any atom is 0.325 e. The van der Waals surface area contributed by atoms with Crippen LogP contribution in [0.3, 0.4) is 0 Å². The lowest BCUT2D eigenvalue weighted by Crippen LogP contribution is -2.48. The van der Waals surface area contributed by atoms with Crippen LogP contribution in [0.4, 0.5) is 16.2 Å². The summed E-state index contributed by atoms with van der Waals surface area (Å²) in [5.74, 6) is -0.993. The number of aryl methyl sites for hydroxylation is 1. The van der Waals surface area contributed by atoms with Gasteiger partial charge >= 0.3 is 6.03 Å². The summed E-state index contributed by atoms with van der Waals surface area (Å²) in [4.78, 5) is 54.6. The van der Waals surface area contributed by atoms with E-state index in [0.717, 1.165) is 28.9 Å². The van der Waals surface area contributed by atoms with E-state index in [-0.39, 0.29) is 18.9 Å². The molecule has 164 valence electrons. The van der Waals surface area contributed by atoms with Crippen molar-refractivity contribution in [2.24, 2.45) is 0 Å². The first-order valence-electron chi connectivity index (χ1n) is 10.8. The van der Waals surface area contributed by atoms with Crippen LogP contribution >= 0.6 is 0 Å². The van der Waals surface area contributed by atoms with E-state index < -0.39 is 29.4 Å². The average Bonchev–Trinajstić information content (AvgIpc) is 2.91. The van der Waals surface area contributed by atoms with Crippen molar-refractivity contribution in [1.82, 2.24) is 10.2 Å². The Morgan fingerprint density at radius 3 is 2.69 bits per heavy atom. The van der Waals surface area contributed by atoms with E-state index in [1.165, 1.54) is 4.90 Å². The molecule has 8 nitrogen and oxygen atoms in total. The van der Waals surface area contributed by atoms with Crippen molar-refractivity contribution in [2.45, 2.75) is 44.2 Å². The lowest BCUT2D eigenvalue weighted by molar-refractivity contribution is -0.135. The lowest BCUT2D eigenvalue weighted by Gasteiger charge is -2.33. The fourth-order valence-corrected chi connectivity index (χ4v) is 5.13. The molecule has 2 heterocycles. The smallest absolute Gasteiger partial charge is 0.324 e. The van der Waals surface area contributed by atoms with Crippen LogP contribution in [0.2, 0.25) is 0 Å². The van der Waals surface area contributed by atoms with E-state index in [1.807, 2.05) is 24.3 Å². The molecular formula is C24H24N4O4. The first-order chi connectivity index (χ1) is 15.4. The van der Waals surface area contributed by atoms with Crippen molar-refractivity contribution in [1.29, 1.82) is 0 Å². The van der Waals surface area contributed by atoms with Crippen molar-refractivity contribution in [3.05, 3.63) is 59.7 Å². The molecule has 1 aliphatic carbocycles. The SMILES string of the molecule is C[C@@H]1CC(=O)Nc2ccccc2N1C(=O)CN1C(=O)N[C@@]2(CCCc3ccccc32)C1=O. The van der Waals surface area contributed by atoms with Gasteiger partial charge in [0.15, 0.2) is 0 Å². The minimum absolute atomic E-state index is 0.123. The fraction of sp³-hybridized carbons (Fsp3) is 0.333. The summed E-state index contributed by atoms with van der Waals surface area (Å²) < 4.78 is 0. The van der Waals surface area contributed by atoms with Crippen molar-refractivity contribution in [3.63, 3.8) is 0 Å². The molecule has 3 aliphatic rings. The highest BCUT2D eigenvalue weighted by molar-refractivity contribution is 6.12. The molecule has 5 rings (SSSR count). The zero-order valence-corrected chi connectivity index (χ0v) is 17.8. The number of hydrogen-bond donors (Lipinski definition) is 2. The third-order valence-corrected chi connectivity index (χ3v) is 6.57. The number of hydrogen-bond acceptors (Lipinski definition) is 4. The van der Waals surface area contributed by atoms with Gasteiger partial charge < -0.3 is 15.5 Å². The van der Waals surface area contributed by atoms with E-state index in [0.29, 0.717) is 17.8 Å². The summed E-state index contributed by atoms with van der Waals surface area (Å²) in [6, 6.07) is 13.7. The highest BCUT2D eigenvalue weighted by atomic mass is 16.2. The standard InChI is InChI=1S/C24H24N4O4/c1-15-13-20(29)25-18-10-4-5-11-19(18)28(15)21(30)14-27-22(31)24(26-23(27)32)12-6-8-16-7-2-3-9-17(16)24/h2-5,7,9-11,15H,6,8,12-14H2,1H3,(H,25,29)(H,26,32)/t15-,24-/m1/s1. The van der Waals surface area contributed by atoms with Crippen molar-refractivity contribution in [3.8, 4) is 0 Å². The number of para-hydroxylation sites is 2. The number of nitrogens with zero attached hydrogens (tertiary/aromatic N) is 2. The third-order valence-electron chi connectivity index (χ3n) is 6.57. The van der Waals surface area contributed by atoms with E-state index in [2.05, 4.69) is 10.6 Å². The van der Waals surface area contributed by atoms with Crippen LogP contribution in [0.1, 0.15) is 37.3 Å². The van der Waals surface area contributed by atoms with Gasteiger partial charge in [-0.2, -0.15) is 0 Å². The van der Waals surface area contributed by atoms with Gasteiger partial charge in [-0.3, -0.25) is 19.3 Å². The maximum atomic E-state index is 13.5. The molecule has 2 atom stereocenters. The Balaban J connectivity index is 1.45. The van der Waals surface area contributed by atoms with E-state index in [1.54, 1.807) is 31.2 Å². The third kappa shape index (κ3) is 3.05. The fourth-order valence-electron chi connectivity index (χ4n) is 5.13. The van der Waals surface area contributed by atoms with E-state index >= 15 is 0 Å². The molecule has 0 saturated carbocycles. The number of carbonyl (C=O) groups is 4. The van der Waals surface area contributed by atoms with Crippen LogP contribution in [-0.2, 0) is 26.3 Å². The molecular weight excluding hydrogens is 408 g/mol. The Bertz CT molecular complexity index is 1150. The van der Waals surface area contributed by atoms with Gasteiger partial charge in [-0.05, 0) is 49.4 Å². The van der Waals surface area contributed by atoms with E-state index in [9.17, 15) is 19.2 Å². The molecule has 8 heteroatoms. The van der Waals surface area contributed by atoms with Gasteiger partial charge in [-0.1, -0.05) is 36.4 Å². The Morgan fingerprint density at radius 1 is 1.09 bits per heavy atom. The first kappa shape index (κ1) is 20.2. The monoisotopic (exact) mass is 432 g/mol. The minimum atomic E-state index is -1.12.